The molecule has 0 aliphatic heterocycles. The SMILES string of the molecule is NCc1nc(-c2cccc3[nH]cnc23)no1. The van der Waals surface area contributed by atoms with Gasteiger partial charge in [-0.15, -0.1) is 0 Å². The van der Waals surface area contributed by atoms with Crippen LogP contribution in [0.15, 0.2) is 29.0 Å². The lowest BCUT2D eigenvalue weighted by Crippen LogP contribution is -1.95. The highest BCUT2D eigenvalue weighted by Crippen LogP contribution is 2.23. The molecule has 3 rings (SSSR count). The maximum atomic E-state index is 5.42. The molecule has 0 amide bonds. The first kappa shape index (κ1) is 9.05. The van der Waals surface area contributed by atoms with Gasteiger partial charge in [-0.25, -0.2) is 4.98 Å². The molecule has 0 saturated heterocycles. The number of hydrogen-bond donors (Lipinski definition) is 2. The Morgan fingerprint density at radius 1 is 1.38 bits per heavy atom. The van der Waals surface area contributed by atoms with Crippen molar-refractivity contribution in [3.63, 3.8) is 0 Å². The lowest BCUT2D eigenvalue weighted by atomic mass is 10.2. The minimum atomic E-state index is 0.240. The first-order valence-electron chi connectivity index (χ1n) is 4.83. The average molecular weight is 215 g/mol. The van der Waals surface area contributed by atoms with Gasteiger partial charge in [-0.1, -0.05) is 11.2 Å². The maximum absolute atomic E-state index is 5.42. The summed E-state index contributed by atoms with van der Waals surface area (Å²) in [7, 11) is 0. The van der Waals surface area contributed by atoms with Crippen molar-refractivity contribution < 1.29 is 4.52 Å². The number of aromatic nitrogens is 4. The highest BCUT2D eigenvalue weighted by molar-refractivity contribution is 5.89. The average Bonchev–Trinajstić information content (AvgIpc) is 2.97. The number of benzene rings is 1. The van der Waals surface area contributed by atoms with Crippen LogP contribution >= 0.6 is 0 Å². The van der Waals surface area contributed by atoms with E-state index in [4.69, 9.17) is 10.3 Å². The molecule has 0 atom stereocenters. The summed E-state index contributed by atoms with van der Waals surface area (Å²) in [6.07, 6.45) is 1.64. The first-order chi connectivity index (χ1) is 7.88. The lowest BCUT2D eigenvalue weighted by Gasteiger charge is -1.94. The van der Waals surface area contributed by atoms with Gasteiger partial charge in [0.25, 0.3) is 0 Å². The summed E-state index contributed by atoms with van der Waals surface area (Å²) in [5, 5.41) is 3.87. The van der Waals surface area contributed by atoms with Crippen molar-refractivity contribution >= 4 is 11.0 Å². The molecule has 0 aliphatic rings. The fourth-order valence-electron chi connectivity index (χ4n) is 1.59. The third-order valence-corrected chi connectivity index (χ3v) is 2.33. The van der Waals surface area contributed by atoms with E-state index in [1.54, 1.807) is 6.33 Å². The van der Waals surface area contributed by atoms with Crippen molar-refractivity contribution in [1.29, 1.82) is 0 Å². The summed E-state index contributed by atoms with van der Waals surface area (Å²) < 4.78 is 4.97. The zero-order chi connectivity index (χ0) is 11.0. The summed E-state index contributed by atoms with van der Waals surface area (Å²) in [5.41, 5.74) is 8.02. The largest absolute Gasteiger partial charge is 0.345 e. The molecule has 3 N–H and O–H groups in total. The molecule has 0 radical (unpaired) electrons. The molecule has 0 unspecified atom stereocenters. The van der Waals surface area contributed by atoms with Crippen molar-refractivity contribution in [3.05, 3.63) is 30.4 Å². The van der Waals surface area contributed by atoms with E-state index >= 15 is 0 Å². The van der Waals surface area contributed by atoms with Gasteiger partial charge in [0.15, 0.2) is 0 Å². The molecule has 16 heavy (non-hydrogen) atoms. The van der Waals surface area contributed by atoms with Crippen LogP contribution < -0.4 is 5.73 Å². The number of nitrogens with zero attached hydrogens (tertiary/aromatic N) is 3. The van der Waals surface area contributed by atoms with Gasteiger partial charge < -0.3 is 15.2 Å². The minimum absolute atomic E-state index is 0.240. The van der Waals surface area contributed by atoms with E-state index < -0.39 is 0 Å². The molecule has 80 valence electrons. The summed E-state index contributed by atoms with van der Waals surface area (Å²) in [6, 6.07) is 5.75. The molecule has 0 aliphatic carbocycles. The fraction of sp³-hybridized carbons (Fsp3) is 0.100. The second-order valence-corrected chi connectivity index (χ2v) is 3.32. The van der Waals surface area contributed by atoms with Gasteiger partial charge in [-0.2, -0.15) is 4.98 Å². The second kappa shape index (κ2) is 3.42. The number of nitrogens with two attached hydrogens (primary N) is 1. The van der Waals surface area contributed by atoms with E-state index in [1.165, 1.54) is 0 Å². The number of nitrogens with one attached hydrogen (secondary N) is 1. The fourth-order valence-corrected chi connectivity index (χ4v) is 1.59. The van der Waals surface area contributed by atoms with Crippen LogP contribution in [-0.2, 0) is 6.54 Å². The molecule has 1 aromatic carbocycles. The van der Waals surface area contributed by atoms with E-state index in [-0.39, 0.29) is 6.54 Å². The molecule has 2 aromatic heterocycles. The number of para-hydroxylation sites is 1. The van der Waals surface area contributed by atoms with Crippen LogP contribution in [0.5, 0.6) is 0 Å². The molecule has 0 bridgehead atoms. The molecular formula is C10H9N5O. The van der Waals surface area contributed by atoms with Crippen LogP contribution in [0.4, 0.5) is 0 Å². The maximum Gasteiger partial charge on any atom is 0.240 e. The number of rotatable bonds is 2. The molecule has 6 heteroatoms. The summed E-state index contributed by atoms with van der Waals surface area (Å²) in [4.78, 5) is 11.4. The minimum Gasteiger partial charge on any atom is -0.345 e. The summed E-state index contributed by atoms with van der Waals surface area (Å²) >= 11 is 0. The van der Waals surface area contributed by atoms with Crippen molar-refractivity contribution in [3.8, 4) is 11.4 Å². The lowest BCUT2D eigenvalue weighted by molar-refractivity contribution is 0.380. The molecule has 0 fully saturated rings. The van der Waals surface area contributed by atoms with Crippen LogP contribution in [0.3, 0.4) is 0 Å². The highest BCUT2D eigenvalue weighted by atomic mass is 16.5. The number of hydrogen-bond acceptors (Lipinski definition) is 5. The molecular weight excluding hydrogens is 206 g/mol. The Morgan fingerprint density at radius 3 is 3.12 bits per heavy atom. The monoisotopic (exact) mass is 215 g/mol. The molecule has 0 spiro atoms. The van der Waals surface area contributed by atoms with Crippen molar-refractivity contribution in [2.45, 2.75) is 6.54 Å². The Morgan fingerprint density at radius 2 is 2.31 bits per heavy atom. The van der Waals surface area contributed by atoms with Crippen molar-refractivity contribution in [2.75, 3.05) is 0 Å². The Labute approximate surface area is 90.5 Å². The van der Waals surface area contributed by atoms with Gasteiger partial charge in [0.05, 0.1) is 29.5 Å². The van der Waals surface area contributed by atoms with Crippen molar-refractivity contribution in [2.24, 2.45) is 5.73 Å². The van der Waals surface area contributed by atoms with E-state index in [2.05, 4.69) is 20.1 Å². The molecule has 6 nitrogen and oxygen atoms in total. The van der Waals surface area contributed by atoms with Crippen LogP contribution in [0.2, 0.25) is 0 Å². The first-order valence-corrected chi connectivity index (χ1v) is 4.83. The third-order valence-electron chi connectivity index (χ3n) is 2.33. The van der Waals surface area contributed by atoms with E-state index in [0.717, 1.165) is 16.6 Å². The van der Waals surface area contributed by atoms with E-state index in [1.807, 2.05) is 18.2 Å². The van der Waals surface area contributed by atoms with Crippen LogP contribution in [0.1, 0.15) is 5.89 Å². The Kier molecular flexibility index (Phi) is 1.94. The predicted octanol–water partition coefficient (Wildman–Crippen LogP) is 1.07. The van der Waals surface area contributed by atoms with Gasteiger partial charge in [0.2, 0.25) is 11.7 Å². The predicted molar refractivity (Wildman–Crippen MR) is 57.3 cm³/mol. The second-order valence-electron chi connectivity index (χ2n) is 3.32. The number of H-pyrrole nitrogens is 1. The Balaban J connectivity index is 2.21. The van der Waals surface area contributed by atoms with Crippen molar-refractivity contribution in [1.82, 2.24) is 20.1 Å². The van der Waals surface area contributed by atoms with Gasteiger partial charge in [-0.05, 0) is 12.1 Å². The summed E-state index contributed by atoms with van der Waals surface area (Å²) in [6.45, 7) is 0.240. The zero-order valence-corrected chi connectivity index (χ0v) is 8.34. The van der Waals surface area contributed by atoms with Crippen LogP contribution in [0.25, 0.3) is 22.4 Å². The molecule has 0 saturated carbocycles. The Bertz CT molecular complexity index is 627. The number of imidazole rings is 1. The van der Waals surface area contributed by atoms with Gasteiger partial charge in [0, 0.05) is 0 Å². The van der Waals surface area contributed by atoms with Crippen LogP contribution in [-0.4, -0.2) is 20.1 Å². The molecule has 2 heterocycles. The van der Waals surface area contributed by atoms with Crippen LogP contribution in [0, 0.1) is 0 Å². The molecule has 3 aromatic rings. The normalized spacial score (nSPS) is 11.1. The van der Waals surface area contributed by atoms with Gasteiger partial charge in [-0.3, -0.25) is 0 Å². The van der Waals surface area contributed by atoms with Gasteiger partial charge >= 0.3 is 0 Å². The standard InChI is InChI=1S/C10H9N5O/c11-4-8-14-10(15-16-8)6-2-1-3-7-9(6)13-5-12-7/h1-3,5H,4,11H2,(H,12,13). The number of fused-ring (bicyclic) bond motifs is 1. The Hall–Kier alpha value is -2.21. The number of aromatic amines is 1. The quantitative estimate of drug-likeness (QED) is 0.666. The summed E-state index contributed by atoms with van der Waals surface area (Å²) in [5.74, 6) is 0.931. The topological polar surface area (TPSA) is 93.6 Å². The zero-order valence-electron chi connectivity index (χ0n) is 8.34. The highest BCUT2D eigenvalue weighted by Gasteiger charge is 2.11. The van der Waals surface area contributed by atoms with E-state index in [0.29, 0.717) is 11.7 Å². The van der Waals surface area contributed by atoms with E-state index in [9.17, 15) is 0 Å². The third kappa shape index (κ3) is 1.28. The smallest absolute Gasteiger partial charge is 0.240 e. The van der Waals surface area contributed by atoms with Gasteiger partial charge in [0.1, 0.15) is 0 Å².